The molecular formula is C11H15N. The third-order valence-electron chi connectivity index (χ3n) is 2.80. The quantitative estimate of drug-likeness (QED) is 0.670. The van der Waals surface area contributed by atoms with Gasteiger partial charge in [0.15, 0.2) is 0 Å². The highest BCUT2D eigenvalue weighted by molar-refractivity contribution is 5.35. The van der Waals surface area contributed by atoms with Crippen LogP contribution in [0.2, 0.25) is 0 Å². The number of benzene rings is 1. The summed E-state index contributed by atoms with van der Waals surface area (Å²) in [7, 11) is 0. The third-order valence-corrected chi connectivity index (χ3v) is 2.80. The van der Waals surface area contributed by atoms with E-state index < -0.39 is 0 Å². The van der Waals surface area contributed by atoms with Crippen molar-refractivity contribution in [1.29, 1.82) is 0 Å². The zero-order valence-corrected chi connectivity index (χ0v) is 7.67. The molecule has 12 heavy (non-hydrogen) atoms. The summed E-state index contributed by atoms with van der Waals surface area (Å²) in [6.45, 7) is 4.30. The Labute approximate surface area is 73.6 Å². The lowest BCUT2D eigenvalue weighted by Gasteiger charge is -2.03. The molecule has 0 unspecified atom stereocenters. The van der Waals surface area contributed by atoms with Crippen molar-refractivity contribution in [3.05, 3.63) is 34.9 Å². The molecule has 1 nitrogen and oxygen atoms in total. The van der Waals surface area contributed by atoms with Crippen molar-refractivity contribution in [1.82, 2.24) is 0 Å². The van der Waals surface area contributed by atoms with Crippen LogP contribution in [0.3, 0.4) is 0 Å². The van der Waals surface area contributed by atoms with E-state index in [0.717, 1.165) is 0 Å². The highest BCUT2D eigenvalue weighted by atomic mass is 14.7. The molecule has 0 aliphatic heterocycles. The number of nitrogens with two attached hydrogens (primary N) is 1. The summed E-state index contributed by atoms with van der Waals surface area (Å²) in [5.74, 6) is 0.643. The zero-order valence-electron chi connectivity index (χ0n) is 7.67. The molecular weight excluding hydrogens is 146 g/mol. The highest BCUT2D eigenvalue weighted by Gasteiger charge is 2.34. The molecule has 1 aliphatic rings. The first-order valence-corrected chi connectivity index (χ1v) is 4.51. The largest absolute Gasteiger partial charge is 0.327 e. The van der Waals surface area contributed by atoms with E-state index in [2.05, 4.69) is 32.0 Å². The Balaban J connectivity index is 2.29. The van der Waals surface area contributed by atoms with Crippen LogP contribution in [0.25, 0.3) is 0 Å². The molecule has 1 aromatic rings. The van der Waals surface area contributed by atoms with Gasteiger partial charge in [0.2, 0.25) is 0 Å². The Morgan fingerprint density at radius 1 is 1.25 bits per heavy atom. The van der Waals surface area contributed by atoms with Crippen LogP contribution in [0.15, 0.2) is 18.2 Å². The SMILES string of the molecule is Cc1ccc([C@@H]2C[C@H]2N)cc1C. The van der Waals surface area contributed by atoms with Gasteiger partial charge in [-0.15, -0.1) is 0 Å². The van der Waals surface area contributed by atoms with E-state index in [9.17, 15) is 0 Å². The Kier molecular flexibility index (Phi) is 1.69. The summed E-state index contributed by atoms with van der Waals surface area (Å²) in [5, 5.41) is 0. The summed E-state index contributed by atoms with van der Waals surface area (Å²) in [4.78, 5) is 0. The van der Waals surface area contributed by atoms with Gasteiger partial charge in [0.05, 0.1) is 0 Å². The fraction of sp³-hybridized carbons (Fsp3) is 0.455. The summed E-state index contributed by atoms with van der Waals surface area (Å²) >= 11 is 0. The van der Waals surface area contributed by atoms with Crippen molar-refractivity contribution >= 4 is 0 Å². The highest BCUT2D eigenvalue weighted by Crippen LogP contribution is 2.39. The second kappa shape index (κ2) is 2.60. The maximum atomic E-state index is 5.79. The van der Waals surface area contributed by atoms with Gasteiger partial charge in [0, 0.05) is 12.0 Å². The Bertz CT molecular complexity index is 304. The summed E-state index contributed by atoms with van der Waals surface area (Å²) < 4.78 is 0. The van der Waals surface area contributed by atoms with E-state index in [1.165, 1.54) is 23.1 Å². The minimum absolute atomic E-state index is 0.423. The molecule has 2 atom stereocenters. The van der Waals surface area contributed by atoms with Crippen LogP contribution < -0.4 is 5.73 Å². The number of hydrogen-bond acceptors (Lipinski definition) is 1. The van der Waals surface area contributed by atoms with E-state index in [0.29, 0.717) is 12.0 Å². The van der Waals surface area contributed by atoms with Crippen molar-refractivity contribution in [2.24, 2.45) is 5.73 Å². The third kappa shape index (κ3) is 1.25. The Morgan fingerprint density at radius 2 is 1.92 bits per heavy atom. The second-order valence-corrected chi connectivity index (χ2v) is 3.85. The summed E-state index contributed by atoms with van der Waals surface area (Å²) in [6.07, 6.45) is 1.17. The monoisotopic (exact) mass is 161 g/mol. The van der Waals surface area contributed by atoms with Crippen LogP contribution in [-0.2, 0) is 0 Å². The van der Waals surface area contributed by atoms with Crippen molar-refractivity contribution in [2.45, 2.75) is 32.2 Å². The molecule has 1 saturated carbocycles. The lowest BCUT2D eigenvalue weighted by atomic mass is 10.0. The standard InChI is InChI=1S/C11H15N/c1-7-3-4-9(5-8(7)2)10-6-11(10)12/h3-5,10-11H,6,12H2,1-2H3/t10-,11+/m0/s1. The molecule has 0 bridgehead atoms. The number of hydrogen-bond donors (Lipinski definition) is 1. The molecule has 0 saturated heterocycles. The molecule has 1 aliphatic carbocycles. The first kappa shape index (κ1) is 7.81. The molecule has 1 aromatic carbocycles. The van der Waals surface area contributed by atoms with Crippen LogP contribution in [0.5, 0.6) is 0 Å². The van der Waals surface area contributed by atoms with Crippen LogP contribution in [-0.4, -0.2) is 6.04 Å². The lowest BCUT2D eigenvalue weighted by molar-refractivity contribution is 0.987. The molecule has 0 amide bonds. The molecule has 1 fully saturated rings. The maximum Gasteiger partial charge on any atom is 0.0115 e. The minimum atomic E-state index is 0.423. The predicted octanol–water partition coefficient (Wildman–Crippen LogP) is 2.12. The van der Waals surface area contributed by atoms with E-state index >= 15 is 0 Å². The fourth-order valence-electron chi connectivity index (χ4n) is 1.59. The molecule has 1 heteroatoms. The van der Waals surface area contributed by atoms with Crippen LogP contribution in [0.4, 0.5) is 0 Å². The van der Waals surface area contributed by atoms with E-state index in [-0.39, 0.29) is 0 Å². The van der Waals surface area contributed by atoms with Crippen molar-refractivity contribution in [3.8, 4) is 0 Å². The van der Waals surface area contributed by atoms with Crippen molar-refractivity contribution in [2.75, 3.05) is 0 Å². The average Bonchev–Trinajstić information content (AvgIpc) is 2.73. The summed E-state index contributed by atoms with van der Waals surface area (Å²) in [6, 6.07) is 7.09. The van der Waals surface area contributed by atoms with Gasteiger partial charge in [-0.25, -0.2) is 0 Å². The van der Waals surface area contributed by atoms with E-state index in [4.69, 9.17) is 5.73 Å². The predicted molar refractivity (Wildman–Crippen MR) is 51.2 cm³/mol. The molecule has 0 radical (unpaired) electrons. The van der Waals surface area contributed by atoms with E-state index in [1.807, 2.05) is 0 Å². The Morgan fingerprint density at radius 3 is 2.42 bits per heavy atom. The van der Waals surface area contributed by atoms with Gasteiger partial charge in [-0.2, -0.15) is 0 Å². The molecule has 64 valence electrons. The van der Waals surface area contributed by atoms with Gasteiger partial charge in [-0.05, 0) is 37.0 Å². The van der Waals surface area contributed by atoms with Crippen molar-refractivity contribution < 1.29 is 0 Å². The number of rotatable bonds is 1. The van der Waals surface area contributed by atoms with Gasteiger partial charge in [-0.1, -0.05) is 18.2 Å². The van der Waals surface area contributed by atoms with Gasteiger partial charge >= 0.3 is 0 Å². The van der Waals surface area contributed by atoms with Gasteiger partial charge in [-0.3, -0.25) is 0 Å². The average molecular weight is 161 g/mol. The van der Waals surface area contributed by atoms with Crippen molar-refractivity contribution in [3.63, 3.8) is 0 Å². The molecule has 2 N–H and O–H groups in total. The first-order chi connectivity index (χ1) is 5.68. The van der Waals surface area contributed by atoms with E-state index in [1.54, 1.807) is 0 Å². The topological polar surface area (TPSA) is 26.0 Å². The molecule has 0 spiro atoms. The van der Waals surface area contributed by atoms with Crippen LogP contribution >= 0.6 is 0 Å². The molecule has 0 aromatic heterocycles. The molecule has 2 rings (SSSR count). The first-order valence-electron chi connectivity index (χ1n) is 4.51. The zero-order chi connectivity index (χ0) is 8.72. The fourth-order valence-corrected chi connectivity index (χ4v) is 1.59. The van der Waals surface area contributed by atoms with Crippen LogP contribution in [0, 0.1) is 13.8 Å². The van der Waals surface area contributed by atoms with Gasteiger partial charge in [0.1, 0.15) is 0 Å². The minimum Gasteiger partial charge on any atom is -0.327 e. The normalized spacial score (nSPS) is 27.2. The second-order valence-electron chi connectivity index (χ2n) is 3.85. The lowest BCUT2D eigenvalue weighted by Crippen LogP contribution is -2.01. The Hall–Kier alpha value is -0.820. The maximum absolute atomic E-state index is 5.79. The number of aryl methyl sites for hydroxylation is 2. The summed E-state index contributed by atoms with van der Waals surface area (Å²) in [5.41, 5.74) is 9.96. The van der Waals surface area contributed by atoms with Gasteiger partial charge in [0.25, 0.3) is 0 Å². The smallest absolute Gasteiger partial charge is 0.0115 e. The molecule has 0 heterocycles. The van der Waals surface area contributed by atoms with Crippen LogP contribution in [0.1, 0.15) is 29.0 Å². The van der Waals surface area contributed by atoms with Gasteiger partial charge < -0.3 is 5.73 Å².